The highest BCUT2D eigenvalue weighted by Gasteiger charge is 2.05. The van der Waals surface area contributed by atoms with Gasteiger partial charge in [0.1, 0.15) is 0 Å². The Hall–Kier alpha value is -0.550. The van der Waals surface area contributed by atoms with Crippen molar-refractivity contribution >= 4 is 31.6 Å². The number of benzene rings is 1. The van der Waals surface area contributed by atoms with Crippen LogP contribution in [0.3, 0.4) is 0 Å². The van der Waals surface area contributed by atoms with E-state index >= 15 is 0 Å². The predicted octanol–water partition coefficient (Wildman–Crippen LogP) is 2.39. The molecule has 3 nitrogen and oxygen atoms in total. The molecule has 0 amide bonds. The molecule has 0 aromatic heterocycles. The number of sulfonamides is 1. The summed E-state index contributed by atoms with van der Waals surface area (Å²) in [6.07, 6.45) is 3.01. The number of rotatable bonds is 5. The van der Waals surface area contributed by atoms with Gasteiger partial charge in [0.05, 0.1) is 11.9 Å². The minimum atomic E-state index is -3.19. The molecule has 0 heterocycles. The molecule has 0 saturated carbocycles. The molecule has 0 unspecified atom stereocenters. The van der Waals surface area contributed by atoms with E-state index in [1.165, 1.54) is 0 Å². The maximum atomic E-state index is 11.1. The molecule has 1 aromatic carbocycles. The van der Waals surface area contributed by atoms with Crippen LogP contribution in [-0.4, -0.2) is 20.0 Å². The summed E-state index contributed by atoms with van der Waals surface area (Å²) in [7, 11) is -3.19. The second-order valence-corrected chi connectivity index (χ2v) is 5.87. The van der Waals surface area contributed by atoms with E-state index in [9.17, 15) is 8.42 Å². The van der Waals surface area contributed by atoms with Gasteiger partial charge in [0, 0.05) is 5.33 Å². The van der Waals surface area contributed by atoms with Crippen molar-refractivity contribution in [3.8, 4) is 0 Å². The van der Waals surface area contributed by atoms with Crippen LogP contribution in [0.1, 0.15) is 12.0 Å². The summed E-state index contributed by atoms with van der Waals surface area (Å²) < 4.78 is 24.7. The van der Waals surface area contributed by atoms with Crippen molar-refractivity contribution in [3.63, 3.8) is 0 Å². The Kier molecular flexibility index (Phi) is 4.60. The Labute approximate surface area is 99.1 Å². The van der Waals surface area contributed by atoms with Gasteiger partial charge in [0.25, 0.3) is 0 Å². The SMILES string of the molecule is CS(=O)(=O)Nc1ccccc1CCCBr. The van der Waals surface area contributed by atoms with E-state index in [-0.39, 0.29) is 0 Å². The number of para-hydroxylation sites is 1. The van der Waals surface area contributed by atoms with Gasteiger partial charge in [-0.05, 0) is 24.5 Å². The van der Waals surface area contributed by atoms with Crippen molar-refractivity contribution < 1.29 is 8.42 Å². The lowest BCUT2D eigenvalue weighted by molar-refractivity contribution is 0.606. The fourth-order valence-electron chi connectivity index (χ4n) is 1.29. The minimum Gasteiger partial charge on any atom is -0.284 e. The summed E-state index contributed by atoms with van der Waals surface area (Å²) >= 11 is 3.35. The van der Waals surface area contributed by atoms with E-state index in [1.54, 1.807) is 6.07 Å². The van der Waals surface area contributed by atoms with E-state index in [2.05, 4.69) is 20.7 Å². The molecule has 5 heteroatoms. The van der Waals surface area contributed by atoms with Gasteiger partial charge in [0.2, 0.25) is 10.0 Å². The maximum absolute atomic E-state index is 11.1. The Bertz CT molecular complexity index is 417. The molecule has 84 valence electrons. The van der Waals surface area contributed by atoms with Crippen molar-refractivity contribution in [3.05, 3.63) is 29.8 Å². The van der Waals surface area contributed by atoms with Crippen LogP contribution in [0.25, 0.3) is 0 Å². The van der Waals surface area contributed by atoms with Crippen LogP contribution in [0.15, 0.2) is 24.3 Å². The van der Waals surface area contributed by atoms with Crippen molar-refractivity contribution in [2.24, 2.45) is 0 Å². The molecule has 0 saturated heterocycles. The number of anilines is 1. The highest BCUT2D eigenvalue weighted by molar-refractivity contribution is 9.09. The zero-order chi connectivity index (χ0) is 11.3. The van der Waals surface area contributed by atoms with Gasteiger partial charge in [-0.1, -0.05) is 34.1 Å². The van der Waals surface area contributed by atoms with E-state index in [4.69, 9.17) is 0 Å². The van der Waals surface area contributed by atoms with Crippen LogP contribution in [0.4, 0.5) is 5.69 Å². The standard InChI is InChI=1S/C10H14BrNO2S/c1-15(13,14)12-10-7-3-2-5-9(10)6-4-8-11/h2-3,5,7,12H,4,6,8H2,1H3. The van der Waals surface area contributed by atoms with Gasteiger partial charge in [-0.25, -0.2) is 8.42 Å². The van der Waals surface area contributed by atoms with Crippen molar-refractivity contribution in [1.29, 1.82) is 0 Å². The highest BCUT2D eigenvalue weighted by atomic mass is 79.9. The van der Waals surface area contributed by atoms with Crippen LogP contribution < -0.4 is 4.72 Å². The summed E-state index contributed by atoms with van der Waals surface area (Å²) in [5.74, 6) is 0. The number of hydrogen-bond acceptors (Lipinski definition) is 2. The van der Waals surface area contributed by atoms with E-state index in [0.717, 1.165) is 30.0 Å². The predicted molar refractivity (Wildman–Crippen MR) is 67.0 cm³/mol. The van der Waals surface area contributed by atoms with Gasteiger partial charge >= 0.3 is 0 Å². The maximum Gasteiger partial charge on any atom is 0.229 e. The fourth-order valence-corrected chi connectivity index (χ4v) is 2.17. The lowest BCUT2D eigenvalue weighted by Gasteiger charge is -2.09. The Morgan fingerprint density at radius 3 is 2.60 bits per heavy atom. The number of halogens is 1. The Morgan fingerprint density at radius 2 is 2.00 bits per heavy atom. The quantitative estimate of drug-likeness (QED) is 0.847. The van der Waals surface area contributed by atoms with E-state index in [1.807, 2.05) is 18.2 Å². The number of aryl methyl sites for hydroxylation is 1. The first-order valence-corrected chi connectivity index (χ1v) is 7.66. The summed E-state index contributed by atoms with van der Waals surface area (Å²) in [5.41, 5.74) is 1.71. The topological polar surface area (TPSA) is 46.2 Å². The molecule has 1 aromatic rings. The minimum absolute atomic E-state index is 0.681. The number of alkyl halides is 1. The summed E-state index contributed by atoms with van der Waals surface area (Å²) in [6, 6.07) is 7.46. The normalized spacial score (nSPS) is 11.3. The molecule has 1 N–H and O–H groups in total. The van der Waals surface area contributed by atoms with Gasteiger partial charge in [-0.2, -0.15) is 0 Å². The number of hydrogen-bond donors (Lipinski definition) is 1. The second-order valence-electron chi connectivity index (χ2n) is 3.32. The monoisotopic (exact) mass is 291 g/mol. The zero-order valence-corrected chi connectivity index (χ0v) is 10.9. The lowest BCUT2D eigenvalue weighted by atomic mass is 10.1. The van der Waals surface area contributed by atoms with Crippen LogP contribution in [-0.2, 0) is 16.4 Å². The number of nitrogens with one attached hydrogen (secondary N) is 1. The molecule has 0 aliphatic rings. The summed E-state index contributed by atoms with van der Waals surface area (Å²) in [5, 5.41) is 0.917. The molecule has 0 aliphatic heterocycles. The van der Waals surface area contributed by atoms with Crippen molar-refractivity contribution in [2.75, 3.05) is 16.3 Å². The molecule has 1 rings (SSSR count). The van der Waals surface area contributed by atoms with Gasteiger partial charge in [-0.15, -0.1) is 0 Å². The molecular formula is C10H14BrNO2S. The first-order valence-electron chi connectivity index (χ1n) is 4.64. The van der Waals surface area contributed by atoms with Gasteiger partial charge < -0.3 is 0 Å². The average molecular weight is 292 g/mol. The van der Waals surface area contributed by atoms with Crippen LogP contribution >= 0.6 is 15.9 Å². The molecule has 0 radical (unpaired) electrons. The Balaban J connectivity index is 2.86. The second kappa shape index (κ2) is 5.51. The zero-order valence-electron chi connectivity index (χ0n) is 8.53. The fraction of sp³-hybridized carbons (Fsp3) is 0.400. The molecule has 0 spiro atoms. The van der Waals surface area contributed by atoms with E-state index in [0.29, 0.717) is 5.69 Å². The third kappa shape index (κ3) is 4.66. The Morgan fingerprint density at radius 1 is 1.33 bits per heavy atom. The molecule has 0 bridgehead atoms. The molecule has 0 fully saturated rings. The first kappa shape index (κ1) is 12.5. The largest absolute Gasteiger partial charge is 0.284 e. The van der Waals surface area contributed by atoms with Crippen LogP contribution in [0.5, 0.6) is 0 Å². The first-order chi connectivity index (χ1) is 7.03. The van der Waals surface area contributed by atoms with Gasteiger partial charge in [-0.3, -0.25) is 4.72 Å². The molecule has 0 aliphatic carbocycles. The lowest BCUT2D eigenvalue weighted by Crippen LogP contribution is -2.11. The third-order valence-corrected chi connectivity index (χ3v) is 3.04. The summed E-state index contributed by atoms with van der Waals surface area (Å²) in [4.78, 5) is 0. The third-order valence-electron chi connectivity index (χ3n) is 1.89. The molecule has 15 heavy (non-hydrogen) atoms. The average Bonchev–Trinajstić information content (AvgIpc) is 2.14. The van der Waals surface area contributed by atoms with Crippen molar-refractivity contribution in [1.82, 2.24) is 0 Å². The molecule has 0 atom stereocenters. The highest BCUT2D eigenvalue weighted by Crippen LogP contribution is 2.18. The van der Waals surface area contributed by atoms with Crippen LogP contribution in [0, 0.1) is 0 Å². The van der Waals surface area contributed by atoms with Crippen molar-refractivity contribution in [2.45, 2.75) is 12.8 Å². The van der Waals surface area contributed by atoms with E-state index < -0.39 is 10.0 Å². The van der Waals surface area contributed by atoms with Gasteiger partial charge in [0.15, 0.2) is 0 Å². The summed E-state index contributed by atoms with van der Waals surface area (Å²) in [6.45, 7) is 0. The molecular weight excluding hydrogens is 278 g/mol. The van der Waals surface area contributed by atoms with Crippen LogP contribution in [0.2, 0.25) is 0 Å². The smallest absolute Gasteiger partial charge is 0.229 e.